The first-order valence-electron chi connectivity index (χ1n) is 6.20. The Hall–Kier alpha value is -3.13. The summed E-state index contributed by atoms with van der Waals surface area (Å²) in [5.41, 5.74) is 7.09. The lowest BCUT2D eigenvalue weighted by Crippen LogP contribution is -1.95. The Labute approximate surface area is 120 Å². The van der Waals surface area contributed by atoms with Gasteiger partial charge >= 0.3 is 0 Å². The minimum atomic E-state index is -0.458. The van der Waals surface area contributed by atoms with Crippen LogP contribution in [-0.4, -0.2) is 4.98 Å². The van der Waals surface area contributed by atoms with Crippen molar-refractivity contribution in [3.8, 4) is 17.7 Å². The quantitative estimate of drug-likeness (QED) is 0.727. The molecule has 0 spiro atoms. The molecule has 0 unspecified atom stereocenters. The predicted molar refractivity (Wildman–Crippen MR) is 77.3 cm³/mol. The molecule has 1 aromatic heterocycles. The van der Waals surface area contributed by atoms with E-state index in [1.54, 1.807) is 12.1 Å². The molecule has 21 heavy (non-hydrogen) atoms. The molecule has 2 aromatic carbocycles. The number of benzene rings is 2. The van der Waals surface area contributed by atoms with Crippen molar-refractivity contribution in [3.63, 3.8) is 0 Å². The lowest BCUT2D eigenvalue weighted by Gasteiger charge is -2.09. The van der Waals surface area contributed by atoms with Crippen molar-refractivity contribution in [1.82, 2.24) is 4.98 Å². The van der Waals surface area contributed by atoms with Gasteiger partial charge in [-0.1, -0.05) is 18.2 Å². The van der Waals surface area contributed by atoms with Crippen LogP contribution in [0.3, 0.4) is 0 Å². The number of fused-ring (bicyclic) bond motifs is 1. The van der Waals surface area contributed by atoms with Crippen LogP contribution in [0.4, 0.5) is 10.1 Å². The third kappa shape index (κ3) is 2.47. The summed E-state index contributed by atoms with van der Waals surface area (Å²) in [6.07, 6.45) is 0. The molecule has 1 heterocycles. The summed E-state index contributed by atoms with van der Waals surface area (Å²) in [6.45, 7) is 0. The Morgan fingerprint density at radius 3 is 2.76 bits per heavy atom. The smallest absolute Gasteiger partial charge is 0.221 e. The molecule has 0 aliphatic carbocycles. The Morgan fingerprint density at radius 2 is 1.95 bits per heavy atom. The van der Waals surface area contributed by atoms with Crippen LogP contribution in [-0.2, 0) is 0 Å². The standard InChI is InChI=1S/C16H10FN3O/c17-11-5-6-13(19)15(8-11)21-16-7-10(9-18)12-3-1-2-4-14(12)20-16/h1-8H,19H2. The Kier molecular flexibility index (Phi) is 3.13. The summed E-state index contributed by atoms with van der Waals surface area (Å²) >= 11 is 0. The van der Waals surface area contributed by atoms with Crippen molar-refractivity contribution in [3.05, 3.63) is 59.9 Å². The van der Waals surface area contributed by atoms with Gasteiger partial charge in [0.25, 0.3) is 0 Å². The number of nitrogens with zero attached hydrogens (tertiary/aromatic N) is 2. The van der Waals surface area contributed by atoms with Gasteiger partial charge in [-0.15, -0.1) is 0 Å². The molecule has 0 radical (unpaired) electrons. The average molecular weight is 279 g/mol. The summed E-state index contributed by atoms with van der Waals surface area (Å²) in [4.78, 5) is 4.30. The van der Waals surface area contributed by atoms with Crippen molar-refractivity contribution in [2.75, 3.05) is 5.73 Å². The third-order valence-corrected chi connectivity index (χ3v) is 3.00. The summed E-state index contributed by atoms with van der Waals surface area (Å²) in [6, 6.07) is 14.7. The number of nitrogen functional groups attached to an aromatic ring is 1. The van der Waals surface area contributed by atoms with Crippen LogP contribution >= 0.6 is 0 Å². The topological polar surface area (TPSA) is 71.9 Å². The highest BCUT2D eigenvalue weighted by atomic mass is 19.1. The van der Waals surface area contributed by atoms with Crippen molar-refractivity contribution in [2.45, 2.75) is 0 Å². The van der Waals surface area contributed by atoms with Gasteiger partial charge in [-0.2, -0.15) is 5.26 Å². The lowest BCUT2D eigenvalue weighted by molar-refractivity contribution is 0.462. The van der Waals surface area contributed by atoms with E-state index in [2.05, 4.69) is 11.1 Å². The number of rotatable bonds is 2. The number of halogens is 1. The van der Waals surface area contributed by atoms with E-state index in [0.717, 1.165) is 5.39 Å². The first-order chi connectivity index (χ1) is 10.2. The number of nitriles is 1. The monoisotopic (exact) mass is 279 g/mol. The molecule has 0 aliphatic rings. The summed E-state index contributed by atoms with van der Waals surface area (Å²) in [7, 11) is 0. The minimum Gasteiger partial charge on any atom is -0.437 e. The number of ether oxygens (including phenoxy) is 1. The number of pyridine rings is 1. The Morgan fingerprint density at radius 1 is 1.14 bits per heavy atom. The highest BCUT2D eigenvalue weighted by Gasteiger charge is 2.09. The highest BCUT2D eigenvalue weighted by molar-refractivity contribution is 5.85. The zero-order valence-corrected chi connectivity index (χ0v) is 10.9. The number of aromatic nitrogens is 1. The molecule has 0 amide bonds. The molecule has 0 saturated heterocycles. The fourth-order valence-corrected chi connectivity index (χ4v) is 2.01. The molecular formula is C16H10FN3O. The van der Waals surface area contributed by atoms with E-state index in [-0.39, 0.29) is 11.6 Å². The normalized spacial score (nSPS) is 10.3. The second kappa shape index (κ2) is 5.10. The average Bonchev–Trinajstić information content (AvgIpc) is 2.50. The van der Waals surface area contributed by atoms with Crippen molar-refractivity contribution < 1.29 is 9.13 Å². The Bertz CT molecular complexity index is 871. The van der Waals surface area contributed by atoms with E-state index in [1.165, 1.54) is 24.3 Å². The molecule has 0 atom stereocenters. The van der Waals surface area contributed by atoms with E-state index in [9.17, 15) is 9.65 Å². The van der Waals surface area contributed by atoms with Crippen molar-refractivity contribution >= 4 is 16.6 Å². The number of nitrogens with two attached hydrogens (primary N) is 1. The molecular weight excluding hydrogens is 269 g/mol. The zero-order chi connectivity index (χ0) is 14.8. The molecule has 0 aliphatic heterocycles. The highest BCUT2D eigenvalue weighted by Crippen LogP contribution is 2.29. The fourth-order valence-electron chi connectivity index (χ4n) is 2.01. The second-order valence-corrected chi connectivity index (χ2v) is 4.42. The van der Waals surface area contributed by atoms with Gasteiger partial charge in [0.15, 0.2) is 5.75 Å². The summed E-state index contributed by atoms with van der Waals surface area (Å²) < 4.78 is 18.8. The maximum atomic E-state index is 13.2. The van der Waals surface area contributed by atoms with Crippen LogP contribution < -0.4 is 10.5 Å². The van der Waals surface area contributed by atoms with E-state index in [0.29, 0.717) is 16.8 Å². The van der Waals surface area contributed by atoms with Gasteiger partial charge in [0.2, 0.25) is 5.88 Å². The SMILES string of the molecule is N#Cc1cc(Oc2cc(F)ccc2N)nc2ccccc12. The molecule has 0 bridgehead atoms. The summed E-state index contributed by atoms with van der Waals surface area (Å²) in [5, 5.41) is 9.94. The lowest BCUT2D eigenvalue weighted by atomic mass is 10.1. The zero-order valence-electron chi connectivity index (χ0n) is 10.9. The van der Waals surface area contributed by atoms with Crippen LogP contribution in [0.15, 0.2) is 48.5 Å². The van der Waals surface area contributed by atoms with Gasteiger partial charge < -0.3 is 10.5 Å². The van der Waals surface area contributed by atoms with Gasteiger partial charge in [0.1, 0.15) is 11.9 Å². The van der Waals surface area contributed by atoms with Gasteiger partial charge in [0.05, 0.1) is 16.8 Å². The molecule has 5 heteroatoms. The molecule has 3 aromatic rings. The van der Waals surface area contributed by atoms with Gasteiger partial charge in [-0.05, 0) is 18.2 Å². The largest absolute Gasteiger partial charge is 0.437 e. The van der Waals surface area contributed by atoms with E-state index < -0.39 is 5.82 Å². The predicted octanol–water partition coefficient (Wildman–Crippen LogP) is 3.62. The Balaban J connectivity index is 2.09. The minimum absolute atomic E-state index is 0.168. The van der Waals surface area contributed by atoms with Gasteiger partial charge in [0, 0.05) is 17.5 Å². The van der Waals surface area contributed by atoms with Crippen LogP contribution in [0, 0.1) is 17.1 Å². The van der Waals surface area contributed by atoms with Gasteiger partial charge in [-0.3, -0.25) is 0 Å². The number of hydrogen-bond acceptors (Lipinski definition) is 4. The first kappa shape index (κ1) is 12.9. The van der Waals surface area contributed by atoms with E-state index >= 15 is 0 Å². The maximum absolute atomic E-state index is 13.2. The maximum Gasteiger partial charge on any atom is 0.221 e. The van der Waals surface area contributed by atoms with E-state index in [1.807, 2.05) is 12.1 Å². The fraction of sp³-hybridized carbons (Fsp3) is 0. The number of para-hydroxylation sites is 1. The molecule has 0 saturated carbocycles. The van der Waals surface area contributed by atoms with Crippen LogP contribution in [0.25, 0.3) is 10.9 Å². The van der Waals surface area contributed by atoms with Crippen LogP contribution in [0.1, 0.15) is 5.56 Å². The first-order valence-corrected chi connectivity index (χ1v) is 6.20. The van der Waals surface area contributed by atoms with Crippen molar-refractivity contribution in [1.29, 1.82) is 5.26 Å². The van der Waals surface area contributed by atoms with Gasteiger partial charge in [-0.25, -0.2) is 9.37 Å². The molecule has 102 valence electrons. The third-order valence-electron chi connectivity index (χ3n) is 3.00. The van der Waals surface area contributed by atoms with Crippen LogP contribution in [0.2, 0.25) is 0 Å². The number of anilines is 1. The second-order valence-electron chi connectivity index (χ2n) is 4.42. The molecule has 3 rings (SSSR count). The molecule has 2 N–H and O–H groups in total. The van der Waals surface area contributed by atoms with E-state index in [4.69, 9.17) is 10.5 Å². The molecule has 4 nitrogen and oxygen atoms in total. The van der Waals surface area contributed by atoms with Crippen LogP contribution in [0.5, 0.6) is 11.6 Å². The number of hydrogen-bond donors (Lipinski definition) is 1. The molecule has 0 fully saturated rings. The van der Waals surface area contributed by atoms with Crippen molar-refractivity contribution in [2.24, 2.45) is 0 Å². The summed E-state index contributed by atoms with van der Waals surface area (Å²) in [5.74, 6) is -0.0929.